The van der Waals surface area contributed by atoms with Crippen molar-refractivity contribution in [3.63, 3.8) is 0 Å². The molecule has 0 rings (SSSR count). The van der Waals surface area contributed by atoms with Crippen molar-refractivity contribution < 1.29 is 37.6 Å². The molecule has 0 saturated heterocycles. The number of ether oxygens (including phenoxy) is 2. The van der Waals surface area contributed by atoms with Crippen LogP contribution in [0.4, 0.5) is 0 Å². The summed E-state index contributed by atoms with van der Waals surface area (Å²) in [5.74, 6) is -0.832. The SMILES string of the molecule is CCCCCCCCCC/C=C\CCCCCCCCCCCC(=O)OC(COC(=O)CCCCCCCCC)COP(=O)(O)OCCN. The van der Waals surface area contributed by atoms with Gasteiger partial charge in [0.15, 0.2) is 6.10 Å². The molecule has 0 spiro atoms. The van der Waals surface area contributed by atoms with Gasteiger partial charge in [-0.05, 0) is 38.5 Å². The lowest BCUT2D eigenvalue weighted by Gasteiger charge is -2.19. The topological polar surface area (TPSA) is 134 Å². The first kappa shape index (κ1) is 47.8. The van der Waals surface area contributed by atoms with Gasteiger partial charge in [-0.2, -0.15) is 0 Å². The number of phosphoric acid groups is 1. The molecule has 10 heteroatoms. The molecule has 0 aliphatic heterocycles. The average molecular weight is 718 g/mol. The lowest BCUT2D eigenvalue weighted by Crippen LogP contribution is -2.29. The third-order valence-electron chi connectivity index (χ3n) is 8.65. The smallest absolute Gasteiger partial charge is 0.462 e. The Kier molecular flexibility index (Phi) is 35.6. The van der Waals surface area contributed by atoms with E-state index in [4.69, 9.17) is 24.3 Å². The highest BCUT2D eigenvalue weighted by atomic mass is 31.2. The Morgan fingerprint density at radius 2 is 1.00 bits per heavy atom. The van der Waals surface area contributed by atoms with Crippen molar-refractivity contribution in [2.24, 2.45) is 5.73 Å². The second-order valence-corrected chi connectivity index (χ2v) is 15.0. The first-order valence-electron chi connectivity index (χ1n) is 20.2. The summed E-state index contributed by atoms with van der Waals surface area (Å²) >= 11 is 0. The number of esters is 2. The zero-order valence-electron chi connectivity index (χ0n) is 31.7. The van der Waals surface area contributed by atoms with Crippen molar-refractivity contribution in [1.29, 1.82) is 0 Å². The molecule has 0 bridgehead atoms. The van der Waals surface area contributed by atoms with Crippen LogP contribution < -0.4 is 5.73 Å². The van der Waals surface area contributed by atoms with Gasteiger partial charge in [0.2, 0.25) is 0 Å². The predicted octanol–water partition coefficient (Wildman–Crippen LogP) is 11.1. The third kappa shape index (κ3) is 36.3. The highest BCUT2D eigenvalue weighted by Gasteiger charge is 2.26. The minimum Gasteiger partial charge on any atom is -0.462 e. The standard InChI is InChI=1S/C39H76NO8P/c1-3-5-7-9-11-12-13-14-15-16-17-18-19-20-21-22-23-24-26-28-30-32-39(42)48-37(36-47-49(43,44)46-34-33-40)35-45-38(41)31-29-27-25-10-8-6-4-2/h16-17,37H,3-15,18-36,40H2,1-2H3,(H,43,44)/b17-16-. The Morgan fingerprint density at radius 1 is 0.592 bits per heavy atom. The van der Waals surface area contributed by atoms with Crippen LogP contribution in [0.2, 0.25) is 0 Å². The van der Waals surface area contributed by atoms with E-state index in [9.17, 15) is 19.0 Å². The van der Waals surface area contributed by atoms with Crippen LogP contribution in [0.3, 0.4) is 0 Å². The van der Waals surface area contributed by atoms with Gasteiger partial charge in [0.1, 0.15) is 6.61 Å². The molecule has 0 heterocycles. The van der Waals surface area contributed by atoms with Gasteiger partial charge in [-0.25, -0.2) is 4.57 Å². The number of allylic oxidation sites excluding steroid dienone is 2. The number of unbranched alkanes of at least 4 members (excludes halogenated alkanes) is 23. The highest BCUT2D eigenvalue weighted by Crippen LogP contribution is 2.43. The normalized spacial score (nSPS) is 13.5. The lowest BCUT2D eigenvalue weighted by atomic mass is 10.1. The molecule has 290 valence electrons. The van der Waals surface area contributed by atoms with E-state index in [-0.39, 0.29) is 38.6 Å². The molecule has 0 aliphatic carbocycles. The maximum absolute atomic E-state index is 12.5. The fraction of sp³-hybridized carbons (Fsp3) is 0.897. The van der Waals surface area contributed by atoms with Crippen molar-refractivity contribution in [2.45, 2.75) is 200 Å². The first-order valence-corrected chi connectivity index (χ1v) is 21.7. The van der Waals surface area contributed by atoms with Gasteiger partial charge in [0, 0.05) is 19.4 Å². The summed E-state index contributed by atoms with van der Waals surface area (Å²) in [7, 11) is -4.36. The van der Waals surface area contributed by atoms with Crippen LogP contribution in [-0.4, -0.2) is 49.3 Å². The summed E-state index contributed by atoms with van der Waals surface area (Å²) in [6.07, 6.45) is 35.5. The molecular weight excluding hydrogens is 641 g/mol. The van der Waals surface area contributed by atoms with Gasteiger partial charge in [0.25, 0.3) is 0 Å². The fourth-order valence-corrected chi connectivity index (χ4v) is 6.39. The molecule has 9 nitrogen and oxygen atoms in total. The number of phosphoric ester groups is 1. The van der Waals surface area contributed by atoms with E-state index in [0.29, 0.717) is 6.42 Å². The van der Waals surface area contributed by atoms with Gasteiger partial charge < -0.3 is 20.1 Å². The van der Waals surface area contributed by atoms with Crippen LogP contribution in [0.15, 0.2) is 12.2 Å². The number of carbonyl (C=O) groups excluding carboxylic acids is 2. The van der Waals surface area contributed by atoms with Crippen LogP contribution in [-0.2, 0) is 32.7 Å². The van der Waals surface area contributed by atoms with E-state index in [1.54, 1.807) is 0 Å². The van der Waals surface area contributed by atoms with E-state index in [0.717, 1.165) is 38.5 Å². The second kappa shape index (κ2) is 36.5. The number of rotatable bonds is 38. The van der Waals surface area contributed by atoms with Crippen molar-refractivity contribution in [3.8, 4) is 0 Å². The Hall–Kier alpha value is -1.25. The monoisotopic (exact) mass is 718 g/mol. The van der Waals surface area contributed by atoms with E-state index in [1.165, 1.54) is 122 Å². The largest absolute Gasteiger partial charge is 0.472 e. The lowest BCUT2D eigenvalue weighted by molar-refractivity contribution is -0.161. The highest BCUT2D eigenvalue weighted by molar-refractivity contribution is 7.47. The van der Waals surface area contributed by atoms with Crippen LogP contribution in [0, 0.1) is 0 Å². The molecule has 49 heavy (non-hydrogen) atoms. The number of hydrogen-bond acceptors (Lipinski definition) is 8. The first-order chi connectivity index (χ1) is 23.8. The zero-order valence-corrected chi connectivity index (χ0v) is 32.6. The maximum Gasteiger partial charge on any atom is 0.472 e. The van der Waals surface area contributed by atoms with Gasteiger partial charge in [-0.15, -0.1) is 0 Å². The average Bonchev–Trinajstić information content (AvgIpc) is 3.08. The predicted molar refractivity (Wildman–Crippen MR) is 201 cm³/mol. The Labute approximate surface area is 300 Å². The summed E-state index contributed by atoms with van der Waals surface area (Å²) in [4.78, 5) is 34.6. The molecule has 0 saturated carbocycles. The molecule has 0 aromatic carbocycles. The Balaban J connectivity index is 4.03. The molecule has 0 radical (unpaired) electrons. The van der Waals surface area contributed by atoms with Crippen LogP contribution in [0.1, 0.15) is 194 Å². The van der Waals surface area contributed by atoms with Crippen molar-refractivity contribution in [1.82, 2.24) is 0 Å². The summed E-state index contributed by atoms with van der Waals surface area (Å²) in [6, 6.07) is 0. The second-order valence-electron chi connectivity index (χ2n) is 13.5. The zero-order chi connectivity index (χ0) is 36.1. The van der Waals surface area contributed by atoms with Crippen molar-refractivity contribution in [2.75, 3.05) is 26.4 Å². The Morgan fingerprint density at radius 3 is 1.45 bits per heavy atom. The minimum atomic E-state index is -4.36. The van der Waals surface area contributed by atoms with Crippen LogP contribution in [0.5, 0.6) is 0 Å². The number of nitrogens with two attached hydrogens (primary N) is 1. The third-order valence-corrected chi connectivity index (χ3v) is 9.64. The van der Waals surface area contributed by atoms with E-state index in [1.807, 2.05) is 0 Å². The van der Waals surface area contributed by atoms with Gasteiger partial charge >= 0.3 is 19.8 Å². The van der Waals surface area contributed by atoms with Crippen LogP contribution in [0.25, 0.3) is 0 Å². The molecule has 2 unspecified atom stereocenters. The van der Waals surface area contributed by atoms with Crippen molar-refractivity contribution >= 4 is 19.8 Å². The van der Waals surface area contributed by atoms with E-state index < -0.39 is 26.5 Å². The Bertz CT molecular complexity index is 825. The number of carbonyl (C=O) groups is 2. The number of hydrogen-bond donors (Lipinski definition) is 2. The van der Waals surface area contributed by atoms with Crippen molar-refractivity contribution in [3.05, 3.63) is 12.2 Å². The molecule has 0 fully saturated rings. The molecule has 3 N–H and O–H groups in total. The van der Waals surface area contributed by atoms with Crippen LogP contribution >= 0.6 is 7.82 Å². The molecular formula is C39H76NO8P. The molecule has 0 aromatic rings. The van der Waals surface area contributed by atoms with Gasteiger partial charge in [-0.1, -0.05) is 154 Å². The molecule has 0 amide bonds. The summed E-state index contributed by atoms with van der Waals surface area (Å²) in [5.41, 5.74) is 5.32. The van der Waals surface area contributed by atoms with Gasteiger partial charge in [-0.3, -0.25) is 18.6 Å². The quantitative estimate of drug-likeness (QED) is 0.0277. The van der Waals surface area contributed by atoms with E-state index >= 15 is 0 Å². The minimum absolute atomic E-state index is 0.0554. The maximum atomic E-state index is 12.5. The fourth-order valence-electron chi connectivity index (χ4n) is 5.63. The van der Waals surface area contributed by atoms with E-state index in [2.05, 4.69) is 26.0 Å². The molecule has 0 aromatic heterocycles. The summed E-state index contributed by atoms with van der Waals surface area (Å²) in [6.45, 7) is 3.69. The molecule has 0 aliphatic rings. The summed E-state index contributed by atoms with van der Waals surface area (Å²) < 4.78 is 32.6. The summed E-state index contributed by atoms with van der Waals surface area (Å²) in [5, 5.41) is 0. The van der Waals surface area contributed by atoms with Gasteiger partial charge in [0.05, 0.1) is 13.2 Å². The molecule has 2 atom stereocenters.